The highest BCUT2D eigenvalue weighted by Crippen LogP contribution is 2.50. The largest absolute Gasteiger partial charge is 0.377 e. The lowest BCUT2D eigenvalue weighted by atomic mass is 9.70. The number of benzene rings is 1. The van der Waals surface area contributed by atoms with E-state index in [9.17, 15) is 19.5 Å². The van der Waals surface area contributed by atoms with Gasteiger partial charge in [-0.25, -0.2) is 0 Å². The summed E-state index contributed by atoms with van der Waals surface area (Å²) in [5.41, 5.74) is -1.25. The number of hydrogen-bond acceptors (Lipinski definition) is 4. The Labute approximate surface area is 127 Å². The molecule has 1 aromatic carbocycles. The molecular formula is C18H14O4. The Morgan fingerprint density at radius 1 is 0.955 bits per heavy atom. The molecule has 0 amide bonds. The van der Waals surface area contributed by atoms with Crippen LogP contribution in [0.15, 0.2) is 54.6 Å². The molecule has 110 valence electrons. The number of carbonyl (C=O) groups excluding carboxylic acids is 3. The third-order valence-corrected chi connectivity index (χ3v) is 5.02. The summed E-state index contributed by atoms with van der Waals surface area (Å²) in [6.07, 6.45) is 5.97. The lowest BCUT2D eigenvalue weighted by Gasteiger charge is -2.34. The zero-order valence-corrected chi connectivity index (χ0v) is 11.7. The number of fused-ring (bicyclic) bond motifs is 1. The van der Waals surface area contributed by atoms with Crippen LogP contribution in [0.4, 0.5) is 0 Å². The zero-order chi connectivity index (χ0) is 15.5. The number of aliphatic hydroxyl groups is 1. The van der Waals surface area contributed by atoms with E-state index >= 15 is 0 Å². The van der Waals surface area contributed by atoms with E-state index in [0.29, 0.717) is 5.56 Å². The van der Waals surface area contributed by atoms with Crippen LogP contribution in [-0.2, 0) is 14.4 Å². The van der Waals surface area contributed by atoms with E-state index in [1.807, 2.05) is 6.07 Å². The van der Waals surface area contributed by atoms with Crippen molar-refractivity contribution in [3.05, 3.63) is 60.2 Å². The van der Waals surface area contributed by atoms with Gasteiger partial charge in [0.05, 0.1) is 5.92 Å². The molecule has 0 heterocycles. The maximum Gasteiger partial charge on any atom is 0.191 e. The second kappa shape index (κ2) is 4.34. The Morgan fingerprint density at radius 2 is 1.68 bits per heavy atom. The molecule has 1 N–H and O–H groups in total. The summed E-state index contributed by atoms with van der Waals surface area (Å²) in [6, 6.07) is 8.84. The van der Waals surface area contributed by atoms with Crippen LogP contribution < -0.4 is 0 Å². The van der Waals surface area contributed by atoms with Crippen LogP contribution in [0.5, 0.6) is 0 Å². The SMILES string of the molecule is O=C1C(c2ccccc2)C(=O)[C@H]2[C@@H]1[C@@H]1C=CC(=O)[C@@]2(O)C=C1. The average Bonchev–Trinajstić information content (AvgIpc) is 2.63. The van der Waals surface area contributed by atoms with E-state index < -0.39 is 29.1 Å². The van der Waals surface area contributed by atoms with Crippen molar-refractivity contribution in [1.82, 2.24) is 0 Å². The van der Waals surface area contributed by atoms with Crippen molar-refractivity contribution in [2.24, 2.45) is 17.8 Å². The van der Waals surface area contributed by atoms with Crippen LogP contribution in [-0.4, -0.2) is 28.1 Å². The highest BCUT2D eigenvalue weighted by atomic mass is 16.3. The summed E-state index contributed by atoms with van der Waals surface area (Å²) >= 11 is 0. The van der Waals surface area contributed by atoms with Crippen molar-refractivity contribution in [2.45, 2.75) is 11.5 Å². The fourth-order valence-corrected chi connectivity index (χ4v) is 3.96. The Kier molecular flexibility index (Phi) is 2.63. The summed E-state index contributed by atoms with van der Waals surface area (Å²) in [5.74, 6) is -3.90. The number of carbonyl (C=O) groups is 3. The highest BCUT2D eigenvalue weighted by molar-refractivity contribution is 6.20. The maximum absolute atomic E-state index is 12.8. The van der Waals surface area contributed by atoms with Crippen molar-refractivity contribution in [2.75, 3.05) is 0 Å². The number of ketones is 3. The first-order valence-electron chi connectivity index (χ1n) is 7.31. The number of hydrogen-bond donors (Lipinski definition) is 1. The van der Waals surface area contributed by atoms with E-state index in [2.05, 4.69) is 0 Å². The summed E-state index contributed by atoms with van der Waals surface area (Å²) in [6.45, 7) is 0. The first-order valence-corrected chi connectivity index (χ1v) is 7.31. The van der Waals surface area contributed by atoms with Gasteiger partial charge in [0.15, 0.2) is 23.0 Å². The van der Waals surface area contributed by atoms with Crippen molar-refractivity contribution in [3.63, 3.8) is 0 Å². The number of allylic oxidation sites excluding steroid dienone is 2. The lowest BCUT2D eigenvalue weighted by Crippen LogP contribution is -2.50. The smallest absolute Gasteiger partial charge is 0.191 e. The van der Waals surface area contributed by atoms with Crippen molar-refractivity contribution >= 4 is 17.3 Å². The zero-order valence-electron chi connectivity index (χ0n) is 11.7. The quantitative estimate of drug-likeness (QED) is 0.624. The van der Waals surface area contributed by atoms with Gasteiger partial charge in [-0.1, -0.05) is 42.5 Å². The van der Waals surface area contributed by atoms with Gasteiger partial charge >= 0.3 is 0 Å². The molecule has 4 aliphatic carbocycles. The third-order valence-electron chi connectivity index (χ3n) is 5.02. The van der Waals surface area contributed by atoms with Gasteiger partial charge in [-0.2, -0.15) is 0 Å². The monoisotopic (exact) mass is 294 g/mol. The fraction of sp³-hybridized carbons (Fsp3) is 0.278. The predicted molar refractivity (Wildman–Crippen MR) is 77.9 cm³/mol. The van der Waals surface area contributed by atoms with Crippen LogP contribution >= 0.6 is 0 Å². The van der Waals surface area contributed by atoms with E-state index in [1.165, 1.54) is 12.2 Å². The molecule has 5 rings (SSSR count). The third kappa shape index (κ3) is 1.53. The molecule has 5 atom stereocenters. The maximum atomic E-state index is 12.8. The second-order valence-corrected chi connectivity index (χ2v) is 6.14. The highest BCUT2D eigenvalue weighted by Gasteiger charge is 2.63. The molecule has 0 saturated heterocycles. The molecule has 0 spiro atoms. The van der Waals surface area contributed by atoms with Crippen molar-refractivity contribution in [1.29, 1.82) is 0 Å². The topological polar surface area (TPSA) is 71.4 Å². The lowest BCUT2D eigenvalue weighted by molar-refractivity contribution is -0.143. The number of Topliss-reactive ketones (excluding diaryl/α,β-unsaturated/α-hetero) is 2. The van der Waals surface area contributed by atoms with Crippen molar-refractivity contribution < 1.29 is 19.5 Å². The van der Waals surface area contributed by atoms with Gasteiger partial charge in [0, 0.05) is 11.8 Å². The van der Waals surface area contributed by atoms with Gasteiger partial charge in [0.25, 0.3) is 0 Å². The first kappa shape index (κ1) is 13.3. The van der Waals surface area contributed by atoms with Crippen LogP contribution in [0.25, 0.3) is 0 Å². The molecule has 4 aliphatic rings. The molecule has 1 unspecified atom stereocenters. The summed E-state index contributed by atoms with van der Waals surface area (Å²) in [5, 5.41) is 10.7. The van der Waals surface area contributed by atoms with E-state index in [0.717, 1.165) is 0 Å². The van der Waals surface area contributed by atoms with Gasteiger partial charge in [-0.15, -0.1) is 0 Å². The van der Waals surface area contributed by atoms with Gasteiger partial charge < -0.3 is 5.11 Å². The Bertz CT molecular complexity index is 746. The van der Waals surface area contributed by atoms with E-state index in [4.69, 9.17) is 0 Å². The van der Waals surface area contributed by atoms with E-state index in [1.54, 1.807) is 36.4 Å². The van der Waals surface area contributed by atoms with Crippen LogP contribution in [0.2, 0.25) is 0 Å². The van der Waals surface area contributed by atoms with Crippen LogP contribution in [0.1, 0.15) is 11.5 Å². The molecular weight excluding hydrogens is 280 g/mol. The first-order chi connectivity index (χ1) is 10.5. The molecule has 1 saturated carbocycles. The van der Waals surface area contributed by atoms with Gasteiger partial charge in [0.2, 0.25) is 0 Å². The van der Waals surface area contributed by atoms with Gasteiger partial charge in [-0.05, 0) is 17.7 Å². The molecule has 0 radical (unpaired) electrons. The van der Waals surface area contributed by atoms with Crippen molar-refractivity contribution in [3.8, 4) is 0 Å². The minimum absolute atomic E-state index is 0.201. The fourth-order valence-electron chi connectivity index (χ4n) is 3.96. The van der Waals surface area contributed by atoms with Crippen LogP contribution in [0.3, 0.4) is 0 Å². The molecule has 2 bridgehead atoms. The molecule has 4 heteroatoms. The standard InChI is InChI=1S/C18H14O4/c19-12-7-6-11-8-9-18(12,22)15-13(11)16(20)14(17(15)21)10-4-2-1-3-5-10/h1-9,11,13-15,22H/t11-,13+,14?,15-,18+/m1/s1. The summed E-state index contributed by atoms with van der Waals surface area (Å²) in [4.78, 5) is 37.9. The van der Waals surface area contributed by atoms with Gasteiger partial charge in [0.1, 0.15) is 5.92 Å². The summed E-state index contributed by atoms with van der Waals surface area (Å²) < 4.78 is 0. The Hall–Kier alpha value is -2.33. The summed E-state index contributed by atoms with van der Waals surface area (Å²) in [7, 11) is 0. The molecule has 22 heavy (non-hydrogen) atoms. The normalized spacial score (nSPS) is 39.2. The molecule has 1 aromatic rings. The Balaban J connectivity index is 1.87. The van der Waals surface area contributed by atoms with E-state index in [-0.39, 0.29) is 17.5 Å². The molecule has 0 aliphatic heterocycles. The minimum Gasteiger partial charge on any atom is -0.377 e. The van der Waals surface area contributed by atoms with Gasteiger partial charge in [-0.3, -0.25) is 14.4 Å². The van der Waals surface area contributed by atoms with Crippen LogP contribution in [0, 0.1) is 17.8 Å². The minimum atomic E-state index is -1.88. The number of rotatable bonds is 1. The molecule has 0 aromatic heterocycles. The predicted octanol–water partition coefficient (Wildman–Crippen LogP) is 1.21. The average molecular weight is 294 g/mol. The Morgan fingerprint density at radius 3 is 2.41 bits per heavy atom. The molecule has 4 nitrogen and oxygen atoms in total. The molecule has 1 fully saturated rings. The second-order valence-electron chi connectivity index (χ2n) is 6.14.